The van der Waals surface area contributed by atoms with Crippen LogP contribution in [-0.4, -0.2) is 42.7 Å². The minimum absolute atomic E-state index is 0.101. The molecule has 6 heteroatoms. The van der Waals surface area contributed by atoms with E-state index in [4.69, 9.17) is 24.1 Å². The van der Waals surface area contributed by atoms with E-state index in [-0.39, 0.29) is 19.1 Å². The second-order valence-electron chi connectivity index (χ2n) is 4.54. The molecule has 2 bridgehead atoms. The van der Waals surface area contributed by atoms with Gasteiger partial charge in [-0.3, -0.25) is 9.47 Å². The van der Waals surface area contributed by atoms with Crippen molar-refractivity contribution in [1.82, 2.24) is 0 Å². The molecule has 102 valence electrons. The highest BCUT2D eigenvalue weighted by Gasteiger charge is 2.67. The van der Waals surface area contributed by atoms with Crippen LogP contribution in [0, 0.1) is 5.92 Å². The summed E-state index contributed by atoms with van der Waals surface area (Å²) in [7, 11) is 0. The van der Waals surface area contributed by atoms with Crippen LogP contribution in [0.1, 0.15) is 20.8 Å². The molecular weight excluding hydrogens is 240 g/mol. The highest BCUT2D eigenvalue weighted by Crippen LogP contribution is 2.51. The summed E-state index contributed by atoms with van der Waals surface area (Å²) in [6.45, 7) is 5.56. The van der Waals surface area contributed by atoms with Crippen molar-refractivity contribution >= 4 is 5.97 Å². The van der Waals surface area contributed by atoms with Gasteiger partial charge in [0.05, 0.1) is 19.1 Å². The van der Waals surface area contributed by atoms with E-state index in [9.17, 15) is 4.79 Å². The number of esters is 1. The van der Waals surface area contributed by atoms with Crippen LogP contribution in [-0.2, 0) is 23.7 Å². The summed E-state index contributed by atoms with van der Waals surface area (Å²) < 4.78 is 21.5. The van der Waals surface area contributed by atoms with Gasteiger partial charge in [-0.05, 0) is 19.9 Å². The van der Waals surface area contributed by atoms with Gasteiger partial charge >= 0.3 is 5.97 Å². The normalized spacial score (nSPS) is 36.1. The lowest BCUT2D eigenvalue weighted by Gasteiger charge is -2.45. The van der Waals surface area contributed by atoms with Gasteiger partial charge in [-0.2, -0.15) is 0 Å². The molecular formula is C12H18O6. The zero-order chi connectivity index (χ0) is 13.4. The molecule has 0 amide bonds. The molecule has 3 rings (SSSR count). The molecule has 0 aromatic heterocycles. The first kappa shape index (κ1) is 13.5. The van der Waals surface area contributed by atoms with Crippen molar-refractivity contribution in [2.24, 2.45) is 5.92 Å². The van der Waals surface area contributed by atoms with Crippen LogP contribution in [0.3, 0.4) is 0 Å². The van der Waals surface area contributed by atoms with Gasteiger partial charge in [-0.15, -0.1) is 0 Å². The Labute approximate surface area is 105 Å². The van der Waals surface area contributed by atoms with Gasteiger partial charge in [-0.1, -0.05) is 6.92 Å². The molecule has 1 unspecified atom stereocenters. The summed E-state index contributed by atoms with van der Waals surface area (Å²) in [6, 6.07) is 0. The Hall–Kier alpha value is -0.950. The van der Waals surface area contributed by atoms with Crippen molar-refractivity contribution < 1.29 is 28.8 Å². The fraction of sp³-hybridized carbons (Fsp3) is 0.750. The largest absolute Gasteiger partial charge is 0.463 e. The van der Waals surface area contributed by atoms with Crippen LogP contribution in [0.5, 0.6) is 0 Å². The average molecular weight is 258 g/mol. The molecule has 0 aromatic rings. The SMILES string of the molecule is CCOC(=O)/C(C)=C/C12COC(C(C)CO)(O1)O2. The van der Waals surface area contributed by atoms with E-state index in [1.54, 1.807) is 26.8 Å². The number of carbonyl (C=O) groups excluding carboxylic acids is 1. The van der Waals surface area contributed by atoms with Gasteiger partial charge in [0.15, 0.2) is 0 Å². The number of ether oxygens (including phenoxy) is 4. The third kappa shape index (κ3) is 2.05. The lowest BCUT2D eigenvalue weighted by Crippen LogP contribution is -2.58. The molecule has 0 spiro atoms. The van der Waals surface area contributed by atoms with E-state index < -0.39 is 17.7 Å². The van der Waals surface area contributed by atoms with Gasteiger partial charge in [0, 0.05) is 5.57 Å². The molecule has 3 aliphatic heterocycles. The summed E-state index contributed by atoms with van der Waals surface area (Å²) in [5.74, 6) is -2.87. The second-order valence-corrected chi connectivity index (χ2v) is 4.54. The molecule has 3 aliphatic rings. The lowest BCUT2D eigenvalue weighted by atomic mass is 10.1. The molecule has 3 saturated heterocycles. The van der Waals surface area contributed by atoms with E-state index in [1.165, 1.54) is 0 Å². The highest BCUT2D eigenvalue weighted by atomic mass is 17.0. The maximum Gasteiger partial charge on any atom is 0.333 e. The quantitative estimate of drug-likeness (QED) is 0.573. The lowest BCUT2D eigenvalue weighted by molar-refractivity contribution is -0.509. The van der Waals surface area contributed by atoms with Crippen LogP contribution >= 0.6 is 0 Å². The number of hydrogen-bond acceptors (Lipinski definition) is 6. The van der Waals surface area contributed by atoms with Gasteiger partial charge in [-0.25, -0.2) is 4.79 Å². The van der Waals surface area contributed by atoms with Gasteiger partial charge in [0.2, 0.25) is 5.79 Å². The summed E-state index contributed by atoms with van der Waals surface area (Å²) >= 11 is 0. The Morgan fingerprint density at radius 2 is 2.22 bits per heavy atom. The number of rotatable bonds is 5. The maximum absolute atomic E-state index is 11.5. The smallest absolute Gasteiger partial charge is 0.333 e. The van der Waals surface area contributed by atoms with E-state index in [1.807, 2.05) is 0 Å². The third-order valence-corrected chi connectivity index (χ3v) is 3.02. The van der Waals surface area contributed by atoms with Crippen molar-refractivity contribution in [2.75, 3.05) is 19.8 Å². The fourth-order valence-corrected chi connectivity index (χ4v) is 2.00. The summed E-state index contributed by atoms with van der Waals surface area (Å²) in [5, 5.41) is 9.08. The van der Waals surface area contributed by atoms with Gasteiger partial charge < -0.3 is 14.6 Å². The summed E-state index contributed by atoms with van der Waals surface area (Å²) in [5.41, 5.74) is 0.410. The monoisotopic (exact) mass is 258 g/mol. The average Bonchev–Trinajstić information content (AvgIpc) is 2.84. The Kier molecular flexibility index (Phi) is 3.46. The third-order valence-electron chi connectivity index (χ3n) is 3.02. The first-order chi connectivity index (χ1) is 8.47. The molecule has 18 heavy (non-hydrogen) atoms. The molecule has 0 radical (unpaired) electrons. The number of carbonyl (C=O) groups is 1. The predicted molar refractivity (Wildman–Crippen MR) is 60.2 cm³/mol. The van der Waals surface area contributed by atoms with Gasteiger partial charge in [0.1, 0.15) is 6.61 Å². The standard InChI is InChI=1S/C12H18O6/c1-4-15-10(14)8(2)5-11-7-16-12(17-11,18-11)9(3)6-13/h5,9,13H,4,6-7H2,1-3H3/b8-5+. The van der Waals surface area contributed by atoms with E-state index in [2.05, 4.69) is 0 Å². The maximum atomic E-state index is 11.5. The highest BCUT2D eigenvalue weighted by molar-refractivity contribution is 5.87. The van der Waals surface area contributed by atoms with Crippen LogP contribution < -0.4 is 0 Å². The molecule has 1 atom stereocenters. The van der Waals surface area contributed by atoms with Crippen molar-refractivity contribution in [3.05, 3.63) is 11.6 Å². The molecule has 0 aliphatic carbocycles. The minimum atomic E-state index is -1.17. The number of fused-ring (bicyclic) bond motifs is 1. The van der Waals surface area contributed by atoms with Crippen molar-refractivity contribution in [3.63, 3.8) is 0 Å². The first-order valence-electron chi connectivity index (χ1n) is 5.98. The topological polar surface area (TPSA) is 74.2 Å². The van der Waals surface area contributed by atoms with Crippen LogP contribution in [0.15, 0.2) is 11.6 Å². The Morgan fingerprint density at radius 3 is 2.78 bits per heavy atom. The van der Waals surface area contributed by atoms with E-state index in [0.717, 1.165) is 0 Å². The molecule has 1 N–H and O–H groups in total. The molecule has 6 nitrogen and oxygen atoms in total. The number of aliphatic hydroxyl groups excluding tert-OH is 1. The summed E-state index contributed by atoms with van der Waals surface area (Å²) in [6.07, 6.45) is 1.56. The molecule has 3 heterocycles. The molecule has 0 aromatic carbocycles. The number of hydrogen-bond donors (Lipinski definition) is 1. The molecule has 3 fully saturated rings. The Balaban J connectivity index is 2.02. The van der Waals surface area contributed by atoms with Crippen LogP contribution in [0.2, 0.25) is 0 Å². The van der Waals surface area contributed by atoms with Crippen LogP contribution in [0.4, 0.5) is 0 Å². The van der Waals surface area contributed by atoms with Crippen molar-refractivity contribution in [3.8, 4) is 0 Å². The van der Waals surface area contributed by atoms with Gasteiger partial charge in [0.25, 0.3) is 5.97 Å². The van der Waals surface area contributed by atoms with Crippen molar-refractivity contribution in [1.29, 1.82) is 0 Å². The fourth-order valence-electron chi connectivity index (χ4n) is 2.00. The zero-order valence-corrected chi connectivity index (χ0v) is 10.8. The molecule has 0 saturated carbocycles. The Bertz CT molecular complexity index is 369. The first-order valence-corrected chi connectivity index (χ1v) is 5.98. The van der Waals surface area contributed by atoms with Crippen molar-refractivity contribution in [2.45, 2.75) is 32.5 Å². The van der Waals surface area contributed by atoms with E-state index in [0.29, 0.717) is 12.2 Å². The predicted octanol–water partition coefficient (Wildman–Crippen LogP) is 0.551. The van der Waals surface area contributed by atoms with Crippen LogP contribution in [0.25, 0.3) is 0 Å². The Morgan fingerprint density at radius 1 is 1.56 bits per heavy atom. The summed E-state index contributed by atoms with van der Waals surface area (Å²) in [4.78, 5) is 11.5. The van der Waals surface area contributed by atoms with E-state index >= 15 is 0 Å². The second kappa shape index (κ2) is 4.62. The minimum Gasteiger partial charge on any atom is -0.463 e. The number of aliphatic hydroxyl groups is 1. The zero-order valence-electron chi connectivity index (χ0n) is 10.8.